The van der Waals surface area contributed by atoms with Crippen LogP contribution >= 0.6 is 24.0 Å². The second-order valence-electron chi connectivity index (χ2n) is 4.04. The van der Waals surface area contributed by atoms with Gasteiger partial charge >= 0.3 is 5.69 Å². The molecule has 0 aliphatic carbocycles. The molecule has 0 fully saturated rings. The zero-order chi connectivity index (χ0) is 15.3. The summed E-state index contributed by atoms with van der Waals surface area (Å²) in [6, 6.07) is 0. The van der Waals surface area contributed by atoms with E-state index in [2.05, 4.69) is 9.97 Å². The first-order chi connectivity index (χ1) is 9.42. The van der Waals surface area contributed by atoms with Gasteiger partial charge in [-0.1, -0.05) is 12.2 Å². The zero-order valence-corrected chi connectivity index (χ0v) is 13.5. The number of hydrogen-bond acceptors (Lipinski definition) is 7. The van der Waals surface area contributed by atoms with Crippen molar-refractivity contribution in [1.82, 2.24) is 14.9 Å². The minimum Gasteiger partial charge on any atom is -0.358 e. The van der Waals surface area contributed by atoms with Crippen molar-refractivity contribution >= 4 is 39.8 Å². The van der Waals surface area contributed by atoms with Crippen molar-refractivity contribution in [3.8, 4) is 0 Å². The average molecular weight is 315 g/mol. The highest BCUT2D eigenvalue weighted by molar-refractivity contribution is 8.22. The highest BCUT2D eigenvalue weighted by atomic mass is 32.2. The van der Waals surface area contributed by atoms with Crippen LogP contribution in [0.5, 0.6) is 0 Å². The van der Waals surface area contributed by atoms with E-state index in [1.807, 2.05) is 18.7 Å². The molecule has 0 radical (unpaired) electrons. The molecule has 0 spiro atoms. The third-order valence-electron chi connectivity index (χ3n) is 2.58. The number of rotatable bonds is 5. The van der Waals surface area contributed by atoms with E-state index in [0.29, 0.717) is 4.32 Å². The Kier molecular flexibility index (Phi) is 6.08. The molecule has 0 bridgehead atoms. The first kappa shape index (κ1) is 16.6. The summed E-state index contributed by atoms with van der Waals surface area (Å²) in [6.07, 6.45) is 1.31. The largest absolute Gasteiger partial charge is 0.358 e. The van der Waals surface area contributed by atoms with Gasteiger partial charge < -0.3 is 9.80 Å². The van der Waals surface area contributed by atoms with E-state index < -0.39 is 4.92 Å². The van der Waals surface area contributed by atoms with Crippen LogP contribution in [0.1, 0.15) is 13.8 Å². The maximum atomic E-state index is 11.3. The van der Waals surface area contributed by atoms with Gasteiger partial charge in [0, 0.05) is 27.2 Å². The molecule has 1 rings (SSSR count). The molecule has 1 aromatic rings. The first-order valence-corrected chi connectivity index (χ1v) is 7.28. The molecular formula is C11H17N5O2S2. The molecular weight excluding hydrogens is 298 g/mol. The summed E-state index contributed by atoms with van der Waals surface area (Å²) in [5.74, 6) is 0.273. The predicted molar refractivity (Wildman–Crippen MR) is 84.4 cm³/mol. The van der Waals surface area contributed by atoms with Crippen LogP contribution in [-0.4, -0.2) is 51.3 Å². The summed E-state index contributed by atoms with van der Waals surface area (Å²) in [6.45, 7) is 5.47. The fourth-order valence-electron chi connectivity index (χ4n) is 1.54. The van der Waals surface area contributed by atoms with Gasteiger partial charge in [-0.05, 0) is 25.6 Å². The number of hydrogen-bond donors (Lipinski definition) is 0. The van der Waals surface area contributed by atoms with Gasteiger partial charge in [0.25, 0.3) is 0 Å². The van der Waals surface area contributed by atoms with Crippen LogP contribution in [0.25, 0.3) is 0 Å². The van der Waals surface area contributed by atoms with E-state index in [1.165, 1.54) is 6.33 Å². The molecule has 0 saturated heterocycles. The summed E-state index contributed by atoms with van der Waals surface area (Å²) in [5.41, 5.74) is -0.114. The Morgan fingerprint density at radius 1 is 1.40 bits per heavy atom. The standard InChI is InChI=1S/C11H17N5O2S2/c1-5-15(6-2)11(19)20-10-8(16(17)18)9(14(3)4)12-7-13-10/h7H,5-6H2,1-4H3. The van der Waals surface area contributed by atoms with Gasteiger partial charge in [-0.2, -0.15) is 0 Å². The Balaban J connectivity index is 3.15. The lowest BCUT2D eigenvalue weighted by molar-refractivity contribution is -0.387. The van der Waals surface area contributed by atoms with E-state index >= 15 is 0 Å². The summed E-state index contributed by atoms with van der Waals surface area (Å²) in [4.78, 5) is 22.3. The second kappa shape index (κ2) is 7.34. The average Bonchev–Trinajstić information content (AvgIpc) is 2.39. The molecule has 0 aromatic carbocycles. The maximum absolute atomic E-state index is 11.3. The normalized spacial score (nSPS) is 10.2. The second-order valence-corrected chi connectivity index (χ2v) is 5.67. The van der Waals surface area contributed by atoms with Gasteiger partial charge in [-0.15, -0.1) is 0 Å². The van der Waals surface area contributed by atoms with Crippen molar-refractivity contribution in [3.05, 3.63) is 16.4 Å². The van der Waals surface area contributed by atoms with Crippen LogP contribution < -0.4 is 4.90 Å². The van der Waals surface area contributed by atoms with Crippen molar-refractivity contribution in [3.63, 3.8) is 0 Å². The van der Waals surface area contributed by atoms with Crippen LogP contribution in [0.3, 0.4) is 0 Å². The quantitative estimate of drug-likeness (QED) is 0.269. The molecule has 0 aliphatic rings. The lowest BCUT2D eigenvalue weighted by atomic mass is 10.4. The molecule has 1 aromatic heterocycles. The molecule has 0 N–H and O–H groups in total. The minimum absolute atomic E-state index is 0.114. The molecule has 0 amide bonds. The number of nitro groups is 1. The van der Waals surface area contributed by atoms with Crippen LogP contribution in [0.15, 0.2) is 11.4 Å². The molecule has 110 valence electrons. The summed E-state index contributed by atoms with van der Waals surface area (Å²) in [7, 11) is 3.40. The van der Waals surface area contributed by atoms with E-state index in [9.17, 15) is 10.1 Å². The Hall–Kier alpha value is -1.48. The molecule has 7 nitrogen and oxygen atoms in total. The van der Waals surface area contributed by atoms with E-state index in [1.54, 1.807) is 19.0 Å². The number of thiocarbonyl (C=S) groups is 1. The van der Waals surface area contributed by atoms with Crippen LogP contribution in [-0.2, 0) is 0 Å². The number of aromatic nitrogens is 2. The highest BCUT2D eigenvalue weighted by Gasteiger charge is 2.26. The fraction of sp³-hybridized carbons (Fsp3) is 0.545. The van der Waals surface area contributed by atoms with Crippen molar-refractivity contribution in [2.45, 2.75) is 18.9 Å². The third kappa shape index (κ3) is 3.76. The maximum Gasteiger partial charge on any atom is 0.343 e. The number of nitrogens with zero attached hydrogens (tertiary/aromatic N) is 5. The molecule has 9 heteroatoms. The molecule has 20 heavy (non-hydrogen) atoms. The van der Waals surface area contributed by atoms with Gasteiger partial charge in [0.05, 0.1) is 4.92 Å². The smallest absolute Gasteiger partial charge is 0.343 e. The Morgan fingerprint density at radius 2 is 2.00 bits per heavy atom. The van der Waals surface area contributed by atoms with Crippen LogP contribution in [0, 0.1) is 10.1 Å². The Morgan fingerprint density at radius 3 is 2.45 bits per heavy atom. The van der Waals surface area contributed by atoms with Gasteiger partial charge in [0.15, 0.2) is 5.03 Å². The van der Waals surface area contributed by atoms with Gasteiger partial charge in [-0.25, -0.2) is 9.97 Å². The molecule has 0 saturated carbocycles. The summed E-state index contributed by atoms with van der Waals surface area (Å²) in [5, 5.41) is 11.5. The molecule has 0 aliphatic heterocycles. The minimum atomic E-state index is -0.470. The van der Waals surface area contributed by atoms with Crippen molar-refractivity contribution in [2.24, 2.45) is 0 Å². The van der Waals surface area contributed by atoms with Crippen molar-refractivity contribution < 1.29 is 4.92 Å². The summed E-state index contributed by atoms with van der Waals surface area (Å²) >= 11 is 6.43. The third-order valence-corrected chi connectivity index (χ3v) is 4.01. The van der Waals surface area contributed by atoms with Crippen LogP contribution in [0.4, 0.5) is 11.5 Å². The monoisotopic (exact) mass is 315 g/mol. The van der Waals surface area contributed by atoms with Crippen LogP contribution in [0.2, 0.25) is 0 Å². The van der Waals surface area contributed by atoms with Gasteiger partial charge in [-0.3, -0.25) is 10.1 Å². The Bertz CT molecular complexity index is 506. The predicted octanol–water partition coefficient (Wildman–Crippen LogP) is 2.17. The Labute approximate surface area is 127 Å². The van der Waals surface area contributed by atoms with Crippen molar-refractivity contribution in [2.75, 3.05) is 32.1 Å². The van der Waals surface area contributed by atoms with E-state index in [-0.39, 0.29) is 16.5 Å². The van der Waals surface area contributed by atoms with E-state index in [0.717, 1.165) is 24.9 Å². The molecule has 1 heterocycles. The SMILES string of the molecule is CCN(CC)C(=S)Sc1ncnc(N(C)C)c1[N+](=O)[O-]. The number of thioether (sulfide) groups is 1. The lowest BCUT2D eigenvalue weighted by Crippen LogP contribution is -2.26. The molecule has 0 atom stereocenters. The number of anilines is 1. The van der Waals surface area contributed by atoms with Gasteiger partial charge in [0.2, 0.25) is 5.82 Å². The van der Waals surface area contributed by atoms with E-state index in [4.69, 9.17) is 12.2 Å². The topological polar surface area (TPSA) is 75.4 Å². The van der Waals surface area contributed by atoms with Crippen molar-refractivity contribution in [1.29, 1.82) is 0 Å². The zero-order valence-electron chi connectivity index (χ0n) is 11.9. The van der Waals surface area contributed by atoms with Gasteiger partial charge in [0.1, 0.15) is 10.6 Å². The summed E-state index contributed by atoms with van der Waals surface area (Å²) < 4.78 is 0.571. The first-order valence-electron chi connectivity index (χ1n) is 6.05. The lowest BCUT2D eigenvalue weighted by Gasteiger charge is -2.20. The highest BCUT2D eigenvalue weighted by Crippen LogP contribution is 2.34. The fourth-order valence-corrected chi connectivity index (χ4v) is 2.95. The molecule has 0 unspecified atom stereocenters.